The summed E-state index contributed by atoms with van der Waals surface area (Å²) < 4.78 is 6.57. The Morgan fingerprint density at radius 2 is 1.91 bits per heavy atom. The second-order valence-corrected chi connectivity index (χ2v) is 5.27. The summed E-state index contributed by atoms with van der Waals surface area (Å²) in [5.74, 6) is 0.569. The maximum atomic E-state index is 12.5. The van der Waals surface area contributed by atoms with E-state index in [2.05, 4.69) is 5.10 Å². The van der Waals surface area contributed by atoms with E-state index in [-0.39, 0.29) is 23.2 Å². The average Bonchev–Trinajstić information content (AvgIpc) is 2.56. The number of aromatic nitrogens is 2. The fourth-order valence-corrected chi connectivity index (χ4v) is 2.21. The highest BCUT2D eigenvalue weighted by Crippen LogP contribution is 2.22. The standard InChI is InChI=1S/C17H21N3O3/c1-5-23-14-8-6-13(7-9-14)12(2)19(3)17(22)15-10-11-16(21)20(4)18-15/h6-12H,5H2,1-4H3/t12-/m0/s1. The van der Waals surface area contributed by atoms with Crippen molar-refractivity contribution < 1.29 is 9.53 Å². The molecule has 23 heavy (non-hydrogen) atoms. The molecule has 0 bridgehead atoms. The molecule has 2 aromatic rings. The molecule has 0 saturated heterocycles. The third-order valence-electron chi connectivity index (χ3n) is 3.75. The van der Waals surface area contributed by atoms with Crippen molar-refractivity contribution in [3.05, 3.63) is 58.0 Å². The highest BCUT2D eigenvalue weighted by Gasteiger charge is 2.20. The molecule has 122 valence electrons. The molecule has 0 saturated carbocycles. The van der Waals surface area contributed by atoms with Gasteiger partial charge in [0.1, 0.15) is 11.4 Å². The minimum absolute atomic E-state index is 0.128. The Morgan fingerprint density at radius 3 is 2.48 bits per heavy atom. The normalized spacial score (nSPS) is 11.8. The van der Waals surface area contributed by atoms with Crippen LogP contribution in [0.25, 0.3) is 0 Å². The number of aryl methyl sites for hydroxylation is 1. The zero-order valence-corrected chi connectivity index (χ0v) is 13.8. The Hall–Kier alpha value is -2.63. The van der Waals surface area contributed by atoms with E-state index in [4.69, 9.17) is 4.74 Å². The van der Waals surface area contributed by atoms with Crippen LogP contribution in [0.2, 0.25) is 0 Å². The van der Waals surface area contributed by atoms with E-state index >= 15 is 0 Å². The molecule has 0 radical (unpaired) electrons. The minimum Gasteiger partial charge on any atom is -0.494 e. The van der Waals surface area contributed by atoms with Gasteiger partial charge >= 0.3 is 0 Å². The molecule has 2 rings (SSSR count). The van der Waals surface area contributed by atoms with Crippen molar-refractivity contribution in [2.75, 3.05) is 13.7 Å². The van der Waals surface area contributed by atoms with Gasteiger partial charge in [-0.05, 0) is 37.6 Å². The van der Waals surface area contributed by atoms with Gasteiger partial charge in [-0.2, -0.15) is 5.10 Å². The van der Waals surface area contributed by atoms with Crippen LogP contribution in [0.4, 0.5) is 0 Å². The van der Waals surface area contributed by atoms with Crippen LogP contribution in [-0.4, -0.2) is 34.2 Å². The summed E-state index contributed by atoms with van der Waals surface area (Å²) in [6.45, 7) is 4.49. The number of ether oxygens (including phenoxy) is 1. The first-order valence-electron chi connectivity index (χ1n) is 7.48. The summed E-state index contributed by atoms with van der Waals surface area (Å²) in [5, 5.41) is 4.00. The molecule has 0 unspecified atom stereocenters. The van der Waals surface area contributed by atoms with E-state index in [9.17, 15) is 9.59 Å². The van der Waals surface area contributed by atoms with Crippen molar-refractivity contribution in [3.8, 4) is 5.75 Å². The molecule has 0 aliphatic carbocycles. The van der Waals surface area contributed by atoms with Gasteiger partial charge in [0.25, 0.3) is 11.5 Å². The SMILES string of the molecule is CCOc1ccc([C@H](C)N(C)C(=O)c2ccc(=O)n(C)n2)cc1. The first kappa shape index (κ1) is 16.7. The van der Waals surface area contributed by atoms with Crippen molar-refractivity contribution >= 4 is 5.91 Å². The lowest BCUT2D eigenvalue weighted by atomic mass is 10.1. The molecule has 0 aliphatic heterocycles. The van der Waals surface area contributed by atoms with Gasteiger partial charge < -0.3 is 9.64 Å². The second-order valence-electron chi connectivity index (χ2n) is 5.27. The topological polar surface area (TPSA) is 64.4 Å². The van der Waals surface area contributed by atoms with Crippen LogP contribution in [0.1, 0.15) is 35.9 Å². The van der Waals surface area contributed by atoms with Gasteiger partial charge in [-0.25, -0.2) is 4.68 Å². The number of rotatable bonds is 5. The summed E-state index contributed by atoms with van der Waals surface area (Å²) in [5.41, 5.74) is 0.991. The predicted molar refractivity (Wildman–Crippen MR) is 87.6 cm³/mol. The molecule has 1 aromatic heterocycles. The molecule has 1 amide bonds. The highest BCUT2D eigenvalue weighted by atomic mass is 16.5. The lowest BCUT2D eigenvalue weighted by Gasteiger charge is -2.25. The van der Waals surface area contributed by atoms with Gasteiger partial charge in [0, 0.05) is 20.2 Å². The molecule has 1 atom stereocenters. The minimum atomic E-state index is -0.247. The molecule has 6 heteroatoms. The molecule has 6 nitrogen and oxygen atoms in total. The number of benzene rings is 1. The van der Waals surface area contributed by atoms with E-state index in [1.807, 2.05) is 38.1 Å². The van der Waals surface area contributed by atoms with Crippen LogP contribution in [0.5, 0.6) is 5.75 Å². The van der Waals surface area contributed by atoms with Crippen molar-refractivity contribution in [2.45, 2.75) is 19.9 Å². The third kappa shape index (κ3) is 3.77. The zero-order valence-electron chi connectivity index (χ0n) is 13.8. The van der Waals surface area contributed by atoms with E-state index in [0.29, 0.717) is 6.61 Å². The van der Waals surface area contributed by atoms with Gasteiger partial charge in [0.2, 0.25) is 0 Å². The summed E-state index contributed by atoms with van der Waals surface area (Å²) >= 11 is 0. The monoisotopic (exact) mass is 315 g/mol. The van der Waals surface area contributed by atoms with Crippen molar-refractivity contribution in [2.24, 2.45) is 7.05 Å². The number of hydrogen-bond donors (Lipinski definition) is 0. The third-order valence-corrected chi connectivity index (χ3v) is 3.75. The summed E-state index contributed by atoms with van der Waals surface area (Å²) in [4.78, 5) is 25.5. The largest absolute Gasteiger partial charge is 0.494 e. The predicted octanol–water partition coefficient (Wildman–Crippen LogP) is 2.01. The molecule has 1 aromatic carbocycles. The summed E-state index contributed by atoms with van der Waals surface area (Å²) in [6, 6.07) is 10.3. The molecule has 0 spiro atoms. The van der Waals surface area contributed by atoms with Crippen LogP contribution in [0.15, 0.2) is 41.2 Å². The van der Waals surface area contributed by atoms with Crippen LogP contribution < -0.4 is 10.3 Å². The highest BCUT2D eigenvalue weighted by molar-refractivity contribution is 5.92. The maximum absolute atomic E-state index is 12.5. The summed E-state index contributed by atoms with van der Waals surface area (Å²) in [6.07, 6.45) is 0. The number of hydrogen-bond acceptors (Lipinski definition) is 4. The molecule has 0 aliphatic rings. The van der Waals surface area contributed by atoms with E-state index in [1.165, 1.54) is 19.2 Å². The lowest BCUT2D eigenvalue weighted by molar-refractivity contribution is 0.0734. The fraction of sp³-hybridized carbons (Fsp3) is 0.353. The van der Waals surface area contributed by atoms with E-state index in [0.717, 1.165) is 16.0 Å². The van der Waals surface area contributed by atoms with Crippen molar-refractivity contribution in [1.82, 2.24) is 14.7 Å². The maximum Gasteiger partial charge on any atom is 0.274 e. The van der Waals surface area contributed by atoms with Crippen LogP contribution in [0.3, 0.4) is 0 Å². The van der Waals surface area contributed by atoms with Crippen LogP contribution in [0, 0.1) is 0 Å². The van der Waals surface area contributed by atoms with Crippen LogP contribution >= 0.6 is 0 Å². The van der Waals surface area contributed by atoms with Gasteiger partial charge in [0.15, 0.2) is 0 Å². The Morgan fingerprint density at radius 1 is 1.26 bits per heavy atom. The van der Waals surface area contributed by atoms with Gasteiger partial charge in [0.05, 0.1) is 12.6 Å². The van der Waals surface area contributed by atoms with Gasteiger partial charge in [-0.15, -0.1) is 0 Å². The summed E-state index contributed by atoms with van der Waals surface area (Å²) in [7, 11) is 3.24. The number of nitrogens with zero attached hydrogens (tertiary/aromatic N) is 3. The lowest BCUT2D eigenvalue weighted by Crippen LogP contribution is -2.32. The molecule has 1 heterocycles. The smallest absolute Gasteiger partial charge is 0.274 e. The average molecular weight is 315 g/mol. The first-order valence-corrected chi connectivity index (χ1v) is 7.48. The Labute approximate surface area is 135 Å². The molecular formula is C17H21N3O3. The second kappa shape index (κ2) is 7.09. The zero-order chi connectivity index (χ0) is 17.0. The van der Waals surface area contributed by atoms with Gasteiger partial charge in [-0.3, -0.25) is 9.59 Å². The van der Waals surface area contributed by atoms with Crippen molar-refractivity contribution in [1.29, 1.82) is 0 Å². The Kier molecular flexibility index (Phi) is 5.16. The molecule has 0 N–H and O–H groups in total. The Balaban J connectivity index is 2.17. The number of carbonyl (C=O) groups is 1. The van der Waals surface area contributed by atoms with Crippen molar-refractivity contribution in [3.63, 3.8) is 0 Å². The van der Waals surface area contributed by atoms with E-state index in [1.54, 1.807) is 11.9 Å². The van der Waals surface area contributed by atoms with E-state index < -0.39 is 0 Å². The molecular weight excluding hydrogens is 294 g/mol. The first-order chi connectivity index (χ1) is 10.9. The Bertz CT molecular complexity index is 737. The number of carbonyl (C=O) groups excluding carboxylic acids is 1. The molecule has 0 fully saturated rings. The number of amides is 1. The fourth-order valence-electron chi connectivity index (χ4n) is 2.21. The van der Waals surface area contributed by atoms with Gasteiger partial charge in [-0.1, -0.05) is 12.1 Å². The quantitative estimate of drug-likeness (QED) is 0.846. The van der Waals surface area contributed by atoms with Crippen LogP contribution in [-0.2, 0) is 7.05 Å².